The van der Waals surface area contributed by atoms with E-state index in [4.69, 9.17) is 0 Å². The highest BCUT2D eigenvalue weighted by atomic mass is 32.1. The number of hydrogen-bond acceptors (Lipinski definition) is 5. The van der Waals surface area contributed by atoms with Crippen LogP contribution in [0.4, 0.5) is 0 Å². The minimum atomic E-state index is -0.898. The normalized spacial score (nSPS) is 29.2. The van der Waals surface area contributed by atoms with Gasteiger partial charge >= 0.3 is 0 Å². The van der Waals surface area contributed by atoms with E-state index in [1.165, 1.54) is 0 Å². The number of carbonyl (C=O) groups is 1. The highest BCUT2D eigenvalue weighted by Gasteiger charge is 2.45. The van der Waals surface area contributed by atoms with Gasteiger partial charge in [0.1, 0.15) is 0 Å². The second-order valence-electron chi connectivity index (χ2n) is 5.00. The molecule has 2 rings (SSSR count). The lowest BCUT2D eigenvalue weighted by atomic mass is 9.99. The van der Waals surface area contributed by atoms with Gasteiger partial charge in [0.25, 0.3) is 0 Å². The zero-order valence-corrected chi connectivity index (χ0v) is 11.3. The van der Waals surface area contributed by atoms with Crippen LogP contribution in [-0.4, -0.2) is 39.5 Å². The molecule has 1 aromatic heterocycles. The molecule has 2 atom stereocenters. The SMILES string of the molecule is Cc1ncsc1CN(C)C1C(=O)CCC1(C)O. The lowest BCUT2D eigenvalue weighted by Crippen LogP contribution is -2.48. The van der Waals surface area contributed by atoms with Gasteiger partial charge in [0, 0.05) is 17.8 Å². The molecule has 94 valence electrons. The maximum Gasteiger partial charge on any atom is 0.153 e. The Bertz CT molecular complexity index is 428. The number of carbonyl (C=O) groups excluding carboxylic acids is 1. The third-order valence-corrected chi connectivity index (χ3v) is 4.37. The average molecular weight is 254 g/mol. The van der Waals surface area contributed by atoms with E-state index in [-0.39, 0.29) is 11.8 Å². The van der Waals surface area contributed by atoms with Gasteiger partial charge in [0.15, 0.2) is 5.78 Å². The van der Waals surface area contributed by atoms with Crippen molar-refractivity contribution in [1.29, 1.82) is 0 Å². The Balaban J connectivity index is 2.12. The first kappa shape index (κ1) is 12.7. The topological polar surface area (TPSA) is 53.4 Å². The molecule has 0 aliphatic heterocycles. The van der Waals surface area contributed by atoms with Crippen LogP contribution in [-0.2, 0) is 11.3 Å². The van der Waals surface area contributed by atoms with Crippen LogP contribution in [0, 0.1) is 6.92 Å². The Morgan fingerprint density at radius 2 is 2.41 bits per heavy atom. The quantitative estimate of drug-likeness (QED) is 0.885. The molecular weight excluding hydrogens is 236 g/mol. The molecule has 2 unspecified atom stereocenters. The largest absolute Gasteiger partial charge is 0.388 e. The fourth-order valence-electron chi connectivity index (χ4n) is 2.51. The molecule has 1 saturated carbocycles. The lowest BCUT2D eigenvalue weighted by molar-refractivity contribution is -0.125. The predicted molar refractivity (Wildman–Crippen MR) is 67.0 cm³/mol. The minimum absolute atomic E-state index is 0.139. The van der Waals surface area contributed by atoms with Gasteiger partial charge in [-0.15, -0.1) is 11.3 Å². The van der Waals surface area contributed by atoms with Gasteiger partial charge in [-0.3, -0.25) is 9.69 Å². The van der Waals surface area contributed by atoms with Gasteiger partial charge < -0.3 is 5.11 Å². The number of ketones is 1. The monoisotopic (exact) mass is 254 g/mol. The molecule has 1 N–H and O–H groups in total. The van der Waals surface area contributed by atoms with Gasteiger partial charge in [-0.2, -0.15) is 0 Å². The molecule has 0 spiro atoms. The summed E-state index contributed by atoms with van der Waals surface area (Å²) in [6.07, 6.45) is 1.03. The maximum atomic E-state index is 11.8. The molecule has 0 saturated heterocycles. The number of likely N-dealkylation sites (N-methyl/N-ethyl adjacent to an activating group) is 1. The zero-order valence-electron chi connectivity index (χ0n) is 10.4. The molecule has 17 heavy (non-hydrogen) atoms. The van der Waals surface area contributed by atoms with Crippen molar-refractivity contribution in [3.05, 3.63) is 16.1 Å². The minimum Gasteiger partial charge on any atom is -0.388 e. The number of hydrogen-bond donors (Lipinski definition) is 1. The molecule has 0 radical (unpaired) electrons. The first-order chi connectivity index (χ1) is 7.92. The summed E-state index contributed by atoms with van der Waals surface area (Å²) in [6.45, 7) is 4.38. The van der Waals surface area contributed by atoms with Crippen molar-refractivity contribution >= 4 is 17.1 Å². The fraction of sp³-hybridized carbons (Fsp3) is 0.667. The molecule has 0 aromatic carbocycles. The van der Waals surface area contributed by atoms with Gasteiger partial charge in [0.2, 0.25) is 0 Å². The van der Waals surface area contributed by atoms with Gasteiger partial charge in [-0.1, -0.05) is 0 Å². The Labute approximate surface area is 105 Å². The van der Waals surface area contributed by atoms with Crippen molar-refractivity contribution in [1.82, 2.24) is 9.88 Å². The summed E-state index contributed by atoms with van der Waals surface area (Å²) in [5, 5.41) is 10.2. The van der Waals surface area contributed by atoms with E-state index in [0.29, 0.717) is 19.4 Å². The molecule has 4 nitrogen and oxygen atoms in total. The molecule has 1 heterocycles. The van der Waals surface area contributed by atoms with E-state index in [2.05, 4.69) is 4.98 Å². The number of rotatable bonds is 3. The van der Waals surface area contributed by atoms with E-state index in [9.17, 15) is 9.90 Å². The van der Waals surface area contributed by atoms with Gasteiger partial charge in [-0.05, 0) is 27.3 Å². The molecule has 1 aliphatic carbocycles. The Hall–Kier alpha value is -0.780. The summed E-state index contributed by atoms with van der Waals surface area (Å²) in [7, 11) is 1.89. The Morgan fingerprint density at radius 3 is 2.88 bits per heavy atom. The number of Topliss-reactive ketones (excluding diaryl/α,β-unsaturated/α-hetero) is 1. The van der Waals surface area contributed by atoms with Crippen LogP contribution in [0.5, 0.6) is 0 Å². The van der Waals surface area contributed by atoms with Crippen molar-refractivity contribution in [3.8, 4) is 0 Å². The summed E-state index contributed by atoms with van der Waals surface area (Å²) in [5.41, 5.74) is 1.92. The van der Waals surface area contributed by atoms with E-state index in [1.807, 2.05) is 24.4 Å². The number of aryl methyl sites for hydroxylation is 1. The third-order valence-electron chi connectivity index (χ3n) is 3.45. The first-order valence-electron chi connectivity index (χ1n) is 5.76. The van der Waals surface area contributed by atoms with Crippen molar-refractivity contribution < 1.29 is 9.90 Å². The van der Waals surface area contributed by atoms with Gasteiger partial charge in [0.05, 0.1) is 22.8 Å². The van der Waals surface area contributed by atoms with Crippen LogP contribution in [0.25, 0.3) is 0 Å². The van der Waals surface area contributed by atoms with Crippen LogP contribution in [0.1, 0.15) is 30.3 Å². The molecule has 5 heteroatoms. The average Bonchev–Trinajstić information content (AvgIpc) is 2.72. The van der Waals surface area contributed by atoms with Crippen LogP contribution in [0.3, 0.4) is 0 Å². The summed E-state index contributed by atoms with van der Waals surface area (Å²) in [4.78, 5) is 19.1. The Morgan fingerprint density at radius 1 is 1.71 bits per heavy atom. The van der Waals surface area contributed by atoms with Gasteiger partial charge in [-0.25, -0.2) is 4.98 Å². The van der Waals surface area contributed by atoms with E-state index in [1.54, 1.807) is 18.3 Å². The Kier molecular flexibility index (Phi) is 3.34. The second kappa shape index (κ2) is 4.48. The zero-order chi connectivity index (χ0) is 12.6. The van der Waals surface area contributed by atoms with Crippen molar-refractivity contribution in [2.75, 3.05) is 7.05 Å². The number of aromatic nitrogens is 1. The maximum absolute atomic E-state index is 11.8. The molecule has 1 fully saturated rings. The molecule has 0 bridgehead atoms. The highest BCUT2D eigenvalue weighted by Crippen LogP contribution is 2.31. The summed E-state index contributed by atoms with van der Waals surface area (Å²) < 4.78 is 0. The molecule has 0 amide bonds. The summed E-state index contributed by atoms with van der Waals surface area (Å²) in [6, 6.07) is -0.385. The van der Waals surface area contributed by atoms with Crippen LogP contribution < -0.4 is 0 Å². The number of aliphatic hydroxyl groups is 1. The molecular formula is C12H18N2O2S. The summed E-state index contributed by atoms with van der Waals surface area (Å²) >= 11 is 1.59. The van der Waals surface area contributed by atoms with E-state index in [0.717, 1.165) is 10.6 Å². The predicted octanol–water partition coefficient (Wildman–Crippen LogP) is 1.37. The van der Waals surface area contributed by atoms with Crippen molar-refractivity contribution in [2.24, 2.45) is 0 Å². The van der Waals surface area contributed by atoms with E-state index >= 15 is 0 Å². The van der Waals surface area contributed by atoms with Crippen LogP contribution in [0.2, 0.25) is 0 Å². The summed E-state index contributed by atoms with van der Waals surface area (Å²) in [5.74, 6) is 0.139. The van der Waals surface area contributed by atoms with Crippen molar-refractivity contribution in [3.63, 3.8) is 0 Å². The number of nitrogens with zero attached hydrogens (tertiary/aromatic N) is 2. The van der Waals surface area contributed by atoms with E-state index < -0.39 is 5.60 Å². The molecule has 1 aromatic rings. The lowest BCUT2D eigenvalue weighted by Gasteiger charge is -2.32. The smallest absolute Gasteiger partial charge is 0.153 e. The molecule has 1 aliphatic rings. The number of thiazole rings is 1. The first-order valence-corrected chi connectivity index (χ1v) is 6.64. The van der Waals surface area contributed by atoms with Crippen LogP contribution in [0.15, 0.2) is 5.51 Å². The second-order valence-corrected chi connectivity index (χ2v) is 5.94. The highest BCUT2D eigenvalue weighted by molar-refractivity contribution is 7.09. The standard InChI is InChI=1S/C12H18N2O2S/c1-8-10(17-7-13-8)6-14(3)11-9(15)4-5-12(11,2)16/h7,11,16H,4-6H2,1-3H3. The fourth-order valence-corrected chi connectivity index (χ4v) is 3.35. The van der Waals surface area contributed by atoms with Crippen molar-refractivity contribution in [2.45, 2.75) is 44.9 Å². The van der Waals surface area contributed by atoms with Crippen LogP contribution >= 0.6 is 11.3 Å². The third kappa shape index (κ3) is 2.41.